The van der Waals surface area contributed by atoms with Crippen molar-refractivity contribution in [3.63, 3.8) is 0 Å². The number of hydrogen-bond donors (Lipinski definition) is 3. The lowest BCUT2D eigenvalue weighted by molar-refractivity contribution is -0.139. The van der Waals surface area contributed by atoms with Gasteiger partial charge in [0.1, 0.15) is 6.04 Å². The van der Waals surface area contributed by atoms with E-state index in [1.165, 1.54) is 0 Å². The van der Waals surface area contributed by atoms with Crippen LogP contribution >= 0.6 is 0 Å². The minimum atomic E-state index is -0.972. The van der Waals surface area contributed by atoms with E-state index in [0.717, 1.165) is 19.3 Å². The van der Waals surface area contributed by atoms with Crippen molar-refractivity contribution in [1.82, 2.24) is 10.6 Å². The van der Waals surface area contributed by atoms with Gasteiger partial charge in [-0.25, -0.2) is 9.59 Å². The number of amides is 2. The third-order valence-electron chi connectivity index (χ3n) is 3.96. The van der Waals surface area contributed by atoms with Gasteiger partial charge in [0.25, 0.3) is 0 Å². The fraction of sp³-hybridized carbons (Fsp3) is 0.846. The van der Waals surface area contributed by atoms with Crippen molar-refractivity contribution < 1.29 is 14.7 Å². The maximum absolute atomic E-state index is 11.8. The van der Waals surface area contributed by atoms with Crippen LogP contribution in [0.1, 0.15) is 46.5 Å². The summed E-state index contributed by atoms with van der Waals surface area (Å²) in [7, 11) is 0. The van der Waals surface area contributed by atoms with E-state index in [1.807, 2.05) is 6.92 Å². The maximum atomic E-state index is 11.8. The van der Waals surface area contributed by atoms with Gasteiger partial charge in [-0.15, -0.1) is 0 Å². The van der Waals surface area contributed by atoms with Crippen LogP contribution in [0.15, 0.2) is 0 Å². The van der Waals surface area contributed by atoms with Crippen LogP contribution in [0.3, 0.4) is 0 Å². The fourth-order valence-corrected chi connectivity index (χ4v) is 2.48. The number of nitrogens with one attached hydrogen (secondary N) is 2. The second kappa shape index (κ2) is 6.61. The van der Waals surface area contributed by atoms with Crippen molar-refractivity contribution in [3.05, 3.63) is 0 Å². The minimum absolute atomic E-state index is 0.163. The summed E-state index contributed by atoms with van der Waals surface area (Å²) in [6, 6.07) is -0.984. The molecule has 1 fully saturated rings. The summed E-state index contributed by atoms with van der Waals surface area (Å²) in [5.41, 5.74) is 0. The summed E-state index contributed by atoms with van der Waals surface area (Å²) >= 11 is 0. The highest BCUT2D eigenvalue weighted by molar-refractivity contribution is 5.82. The van der Waals surface area contributed by atoms with Gasteiger partial charge < -0.3 is 15.7 Å². The number of carboxylic acid groups (broad SMARTS) is 1. The first-order valence-corrected chi connectivity index (χ1v) is 6.75. The van der Waals surface area contributed by atoms with Crippen LogP contribution in [-0.4, -0.2) is 29.2 Å². The Morgan fingerprint density at radius 1 is 1.33 bits per heavy atom. The van der Waals surface area contributed by atoms with Crippen LogP contribution < -0.4 is 10.6 Å². The van der Waals surface area contributed by atoms with E-state index in [1.54, 1.807) is 0 Å². The molecule has 2 amide bonds. The van der Waals surface area contributed by atoms with Gasteiger partial charge in [-0.2, -0.15) is 0 Å². The quantitative estimate of drug-likeness (QED) is 0.703. The van der Waals surface area contributed by atoms with Gasteiger partial charge in [0.05, 0.1) is 0 Å². The highest BCUT2D eigenvalue weighted by Gasteiger charge is 2.31. The SMILES string of the molecule is CCC[C@@H](NC(=O)NC1CCC(C)C1C)C(=O)O. The molecule has 0 aromatic heterocycles. The molecule has 0 spiro atoms. The molecule has 3 unspecified atom stereocenters. The lowest BCUT2D eigenvalue weighted by Gasteiger charge is -2.21. The number of carbonyl (C=O) groups excluding carboxylic acids is 1. The van der Waals surface area contributed by atoms with Gasteiger partial charge in [-0.05, 0) is 31.1 Å². The third-order valence-corrected chi connectivity index (χ3v) is 3.96. The summed E-state index contributed by atoms with van der Waals surface area (Å²) in [4.78, 5) is 22.7. The molecular weight excluding hydrogens is 232 g/mol. The normalized spacial score (nSPS) is 28.7. The van der Waals surface area contributed by atoms with E-state index in [-0.39, 0.29) is 12.1 Å². The Morgan fingerprint density at radius 2 is 2.00 bits per heavy atom. The van der Waals surface area contributed by atoms with Gasteiger partial charge in [0.15, 0.2) is 0 Å². The standard InChI is InChI=1S/C13H24N2O3/c1-4-5-11(12(16)17)15-13(18)14-10-7-6-8(2)9(10)3/h8-11H,4-7H2,1-3H3,(H,16,17)(H2,14,15,18)/t8?,9?,10?,11-/m1/s1. The highest BCUT2D eigenvalue weighted by atomic mass is 16.4. The predicted octanol–water partition coefficient (Wildman–Crippen LogP) is 1.97. The van der Waals surface area contributed by atoms with E-state index in [4.69, 9.17) is 5.11 Å². The molecule has 1 aliphatic rings. The number of carbonyl (C=O) groups is 2. The summed E-state index contributed by atoms with van der Waals surface area (Å²) < 4.78 is 0. The van der Waals surface area contributed by atoms with Gasteiger partial charge in [0.2, 0.25) is 0 Å². The average Bonchev–Trinajstić information content (AvgIpc) is 2.60. The Hall–Kier alpha value is -1.26. The van der Waals surface area contributed by atoms with Gasteiger partial charge in [-0.3, -0.25) is 0 Å². The maximum Gasteiger partial charge on any atom is 0.326 e. The smallest absolute Gasteiger partial charge is 0.326 e. The number of rotatable bonds is 5. The van der Waals surface area contributed by atoms with Crippen LogP contribution in [0.4, 0.5) is 4.79 Å². The van der Waals surface area contributed by atoms with Crippen molar-refractivity contribution in [2.45, 2.75) is 58.5 Å². The Balaban J connectivity index is 2.43. The number of urea groups is 1. The molecule has 0 radical (unpaired) electrons. The van der Waals surface area contributed by atoms with Crippen molar-refractivity contribution in [3.8, 4) is 0 Å². The van der Waals surface area contributed by atoms with E-state index >= 15 is 0 Å². The molecule has 0 aliphatic heterocycles. The van der Waals surface area contributed by atoms with Crippen molar-refractivity contribution in [1.29, 1.82) is 0 Å². The van der Waals surface area contributed by atoms with Gasteiger partial charge in [-0.1, -0.05) is 27.2 Å². The molecule has 4 atom stereocenters. The lowest BCUT2D eigenvalue weighted by atomic mass is 9.98. The molecule has 0 aromatic carbocycles. The number of carboxylic acids is 1. The fourth-order valence-electron chi connectivity index (χ4n) is 2.48. The molecule has 0 heterocycles. The molecular formula is C13H24N2O3. The number of aliphatic carboxylic acids is 1. The van der Waals surface area contributed by atoms with E-state index in [9.17, 15) is 9.59 Å². The van der Waals surface area contributed by atoms with Crippen LogP contribution in [-0.2, 0) is 4.79 Å². The monoisotopic (exact) mass is 256 g/mol. The zero-order valence-corrected chi connectivity index (χ0v) is 11.4. The van der Waals surface area contributed by atoms with Crippen molar-refractivity contribution in [2.24, 2.45) is 11.8 Å². The third kappa shape index (κ3) is 3.89. The zero-order valence-electron chi connectivity index (χ0n) is 11.4. The molecule has 3 N–H and O–H groups in total. The van der Waals surface area contributed by atoms with Crippen LogP contribution in [0, 0.1) is 11.8 Å². The molecule has 1 aliphatic carbocycles. The summed E-state index contributed by atoms with van der Waals surface area (Å²) in [6.07, 6.45) is 3.28. The molecule has 104 valence electrons. The average molecular weight is 256 g/mol. The minimum Gasteiger partial charge on any atom is -0.480 e. The second-order valence-electron chi connectivity index (χ2n) is 5.32. The zero-order chi connectivity index (χ0) is 13.7. The first kappa shape index (κ1) is 14.8. The summed E-state index contributed by atoms with van der Waals surface area (Å²) in [5, 5.41) is 14.4. The largest absolute Gasteiger partial charge is 0.480 e. The first-order chi connectivity index (χ1) is 8.45. The second-order valence-corrected chi connectivity index (χ2v) is 5.32. The molecule has 0 aromatic rings. The highest BCUT2D eigenvalue weighted by Crippen LogP contribution is 2.30. The topological polar surface area (TPSA) is 78.4 Å². The predicted molar refractivity (Wildman–Crippen MR) is 69.3 cm³/mol. The molecule has 5 nitrogen and oxygen atoms in total. The molecule has 1 rings (SSSR count). The summed E-state index contributed by atoms with van der Waals surface area (Å²) in [5.74, 6) is 0.0891. The summed E-state index contributed by atoms with van der Waals surface area (Å²) in [6.45, 7) is 6.21. The Bertz CT molecular complexity index is 307. The van der Waals surface area contributed by atoms with Crippen LogP contribution in [0.25, 0.3) is 0 Å². The van der Waals surface area contributed by atoms with Crippen molar-refractivity contribution in [2.75, 3.05) is 0 Å². The lowest BCUT2D eigenvalue weighted by Crippen LogP contribution is -2.49. The van der Waals surface area contributed by atoms with Crippen LogP contribution in [0.5, 0.6) is 0 Å². The Labute approximate surface area is 108 Å². The van der Waals surface area contributed by atoms with Crippen LogP contribution in [0.2, 0.25) is 0 Å². The molecule has 0 saturated heterocycles. The Kier molecular flexibility index (Phi) is 5.44. The van der Waals surface area contributed by atoms with Crippen molar-refractivity contribution >= 4 is 12.0 Å². The molecule has 1 saturated carbocycles. The van der Waals surface area contributed by atoms with E-state index < -0.39 is 12.0 Å². The van der Waals surface area contributed by atoms with E-state index in [0.29, 0.717) is 18.3 Å². The molecule has 0 bridgehead atoms. The van der Waals surface area contributed by atoms with E-state index in [2.05, 4.69) is 24.5 Å². The van der Waals surface area contributed by atoms with Gasteiger partial charge in [0, 0.05) is 6.04 Å². The number of hydrogen-bond acceptors (Lipinski definition) is 2. The Morgan fingerprint density at radius 3 is 2.44 bits per heavy atom. The first-order valence-electron chi connectivity index (χ1n) is 6.75. The van der Waals surface area contributed by atoms with Gasteiger partial charge >= 0.3 is 12.0 Å². The molecule has 5 heteroatoms. The molecule has 18 heavy (non-hydrogen) atoms.